The second kappa shape index (κ2) is 7.34. The van der Waals surface area contributed by atoms with E-state index in [1.165, 1.54) is 0 Å². The predicted molar refractivity (Wildman–Crippen MR) is 91.3 cm³/mol. The molecule has 3 rings (SSSR count). The average Bonchev–Trinajstić information content (AvgIpc) is 2.84. The quantitative estimate of drug-likeness (QED) is 0.865. The smallest absolute Gasteiger partial charge is 0.254 e. The Bertz CT molecular complexity index is 701. The van der Waals surface area contributed by atoms with Crippen molar-refractivity contribution < 1.29 is 14.3 Å². The van der Waals surface area contributed by atoms with Crippen molar-refractivity contribution >= 4 is 5.91 Å². The molecule has 1 aliphatic heterocycles. The van der Waals surface area contributed by atoms with Gasteiger partial charge in [-0.2, -0.15) is 0 Å². The van der Waals surface area contributed by atoms with Crippen molar-refractivity contribution in [3.8, 4) is 11.5 Å². The second-order valence-electron chi connectivity index (χ2n) is 6.09. The van der Waals surface area contributed by atoms with Crippen LogP contribution in [-0.4, -0.2) is 35.0 Å². The molecule has 0 atom stereocenters. The molecule has 0 saturated carbocycles. The van der Waals surface area contributed by atoms with Crippen molar-refractivity contribution in [2.75, 3.05) is 13.2 Å². The van der Waals surface area contributed by atoms with Gasteiger partial charge in [-0.3, -0.25) is 9.78 Å². The molecule has 1 aliphatic rings. The van der Waals surface area contributed by atoms with Crippen molar-refractivity contribution in [3.05, 3.63) is 53.9 Å². The molecule has 0 bridgehead atoms. The molecule has 5 nitrogen and oxygen atoms in total. The second-order valence-corrected chi connectivity index (χ2v) is 6.09. The van der Waals surface area contributed by atoms with Crippen LogP contribution in [0.1, 0.15) is 36.2 Å². The summed E-state index contributed by atoms with van der Waals surface area (Å²) in [7, 11) is 0. The minimum atomic E-state index is -0.0162. The molecule has 2 aromatic rings. The van der Waals surface area contributed by atoms with E-state index in [4.69, 9.17) is 9.47 Å². The maximum Gasteiger partial charge on any atom is 0.254 e. The van der Waals surface area contributed by atoms with Gasteiger partial charge in [-0.1, -0.05) is 0 Å². The third-order valence-corrected chi connectivity index (χ3v) is 3.98. The van der Waals surface area contributed by atoms with Gasteiger partial charge >= 0.3 is 0 Å². The number of ether oxygens (including phenoxy) is 2. The number of carbonyl (C=O) groups excluding carboxylic acids is 1. The van der Waals surface area contributed by atoms with E-state index < -0.39 is 0 Å². The largest absolute Gasteiger partial charge is 0.490 e. The molecule has 0 N–H and O–H groups in total. The molecule has 0 spiro atoms. The van der Waals surface area contributed by atoms with E-state index in [2.05, 4.69) is 4.98 Å². The normalized spacial score (nSPS) is 13.5. The topological polar surface area (TPSA) is 51.7 Å². The molecule has 1 aromatic carbocycles. The van der Waals surface area contributed by atoms with Gasteiger partial charge in [0.2, 0.25) is 0 Å². The van der Waals surface area contributed by atoms with Crippen LogP contribution in [0.4, 0.5) is 0 Å². The van der Waals surface area contributed by atoms with Gasteiger partial charge < -0.3 is 14.4 Å². The molecule has 1 aromatic heterocycles. The molecule has 0 radical (unpaired) electrons. The lowest BCUT2D eigenvalue weighted by molar-refractivity contribution is 0.0690. The van der Waals surface area contributed by atoms with Crippen molar-refractivity contribution in [1.82, 2.24) is 9.88 Å². The highest BCUT2D eigenvalue weighted by Crippen LogP contribution is 2.31. The van der Waals surface area contributed by atoms with E-state index in [1.807, 2.05) is 36.9 Å². The Morgan fingerprint density at radius 2 is 1.83 bits per heavy atom. The Balaban J connectivity index is 1.83. The third kappa shape index (κ3) is 3.67. The monoisotopic (exact) mass is 326 g/mol. The number of amides is 1. The van der Waals surface area contributed by atoms with E-state index in [1.54, 1.807) is 24.5 Å². The van der Waals surface area contributed by atoms with Crippen LogP contribution in [0.25, 0.3) is 0 Å². The van der Waals surface area contributed by atoms with Crippen molar-refractivity contribution in [2.45, 2.75) is 32.9 Å². The van der Waals surface area contributed by atoms with Crippen LogP contribution >= 0.6 is 0 Å². The molecule has 0 unspecified atom stereocenters. The lowest BCUT2D eigenvalue weighted by Crippen LogP contribution is -2.36. The Morgan fingerprint density at radius 1 is 1.12 bits per heavy atom. The molecule has 126 valence electrons. The van der Waals surface area contributed by atoms with E-state index in [0.29, 0.717) is 36.8 Å². The number of benzene rings is 1. The van der Waals surface area contributed by atoms with Crippen LogP contribution in [0.3, 0.4) is 0 Å². The molecule has 0 aliphatic carbocycles. The standard InChI is InChI=1S/C19H22N2O3/c1-14(2)21(13-15-6-8-20-9-7-15)19(22)16-4-5-17-18(12-16)24-11-3-10-23-17/h4-9,12,14H,3,10-11,13H2,1-2H3. The fourth-order valence-electron chi connectivity index (χ4n) is 2.64. The first kappa shape index (κ1) is 16.3. The van der Waals surface area contributed by atoms with Gasteiger partial charge in [0.05, 0.1) is 13.2 Å². The number of pyridine rings is 1. The van der Waals surface area contributed by atoms with Gasteiger partial charge in [-0.15, -0.1) is 0 Å². The SMILES string of the molecule is CC(C)N(Cc1ccncc1)C(=O)c1ccc2c(c1)OCCCO2. The highest BCUT2D eigenvalue weighted by Gasteiger charge is 2.21. The lowest BCUT2D eigenvalue weighted by Gasteiger charge is -2.27. The highest BCUT2D eigenvalue weighted by atomic mass is 16.5. The number of fused-ring (bicyclic) bond motifs is 1. The van der Waals surface area contributed by atoms with Crippen LogP contribution in [0, 0.1) is 0 Å². The molecule has 5 heteroatoms. The molecule has 0 fully saturated rings. The fraction of sp³-hybridized carbons (Fsp3) is 0.368. The number of aromatic nitrogens is 1. The Morgan fingerprint density at radius 3 is 2.54 bits per heavy atom. The molecule has 2 heterocycles. The summed E-state index contributed by atoms with van der Waals surface area (Å²) in [6.45, 7) is 5.83. The van der Waals surface area contributed by atoms with Crippen LogP contribution in [0.2, 0.25) is 0 Å². The summed E-state index contributed by atoms with van der Waals surface area (Å²) >= 11 is 0. The van der Waals surface area contributed by atoms with E-state index in [-0.39, 0.29) is 11.9 Å². The zero-order chi connectivity index (χ0) is 16.9. The lowest BCUT2D eigenvalue weighted by atomic mass is 10.1. The van der Waals surface area contributed by atoms with Crippen LogP contribution < -0.4 is 9.47 Å². The summed E-state index contributed by atoms with van der Waals surface area (Å²) in [5.74, 6) is 1.33. The highest BCUT2D eigenvalue weighted by molar-refractivity contribution is 5.95. The van der Waals surface area contributed by atoms with Gasteiger partial charge in [0.1, 0.15) is 0 Å². The Labute approximate surface area is 142 Å². The van der Waals surface area contributed by atoms with E-state index in [0.717, 1.165) is 12.0 Å². The summed E-state index contributed by atoms with van der Waals surface area (Å²) in [6.07, 6.45) is 4.33. The number of carbonyl (C=O) groups is 1. The van der Waals surface area contributed by atoms with Gasteiger partial charge in [0, 0.05) is 37.0 Å². The molecular formula is C19H22N2O3. The minimum Gasteiger partial charge on any atom is -0.490 e. The van der Waals surface area contributed by atoms with Crippen LogP contribution in [0.5, 0.6) is 11.5 Å². The molecular weight excluding hydrogens is 304 g/mol. The maximum atomic E-state index is 13.0. The minimum absolute atomic E-state index is 0.0162. The van der Waals surface area contributed by atoms with Gasteiger partial charge in [0.15, 0.2) is 11.5 Å². The van der Waals surface area contributed by atoms with Gasteiger partial charge in [-0.05, 0) is 49.7 Å². The van der Waals surface area contributed by atoms with Crippen LogP contribution in [0.15, 0.2) is 42.7 Å². The van der Waals surface area contributed by atoms with Gasteiger partial charge in [0.25, 0.3) is 5.91 Å². The average molecular weight is 326 g/mol. The number of rotatable bonds is 4. The van der Waals surface area contributed by atoms with Crippen molar-refractivity contribution in [1.29, 1.82) is 0 Å². The molecule has 1 amide bonds. The van der Waals surface area contributed by atoms with Crippen molar-refractivity contribution in [2.24, 2.45) is 0 Å². The van der Waals surface area contributed by atoms with Gasteiger partial charge in [-0.25, -0.2) is 0 Å². The van der Waals surface area contributed by atoms with Crippen LogP contribution in [-0.2, 0) is 6.54 Å². The first-order valence-electron chi connectivity index (χ1n) is 8.24. The zero-order valence-corrected chi connectivity index (χ0v) is 14.1. The maximum absolute atomic E-state index is 13.0. The summed E-state index contributed by atoms with van der Waals surface area (Å²) in [4.78, 5) is 18.8. The Hall–Kier alpha value is -2.56. The van der Waals surface area contributed by atoms with E-state index in [9.17, 15) is 4.79 Å². The Kier molecular flexibility index (Phi) is 4.99. The number of nitrogens with zero attached hydrogens (tertiary/aromatic N) is 2. The summed E-state index contributed by atoms with van der Waals surface area (Å²) in [5, 5.41) is 0. The summed E-state index contributed by atoms with van der Waals surface area (Å²) < 4.78 is 11.3. The first-order chi connectivity index (χ1) is 11.6. The predicted octanol–water partition coefficient (Wildman–Crippen LogP) is 3.29. The zero-order valence-electron chi connectivity index (χ0n) is 14.1. The van der Waals surface area contributed by atoms with E-state index >= 15 is 0 Å². The fourth-order valence-corrected chi connectivity index (χ4v) is 2.64. The summed E-state index contributed by atoms with van der Waals surface area (Å²) in [5.41, 5.74) is 1.67. The van der Waals surface area contributed by atoms with Crippen molar-refractivity contribution in [3.63, 3.8) is 0 Å². The number of hydrogen-bond donors (Lipinski definition) is 0. The summed E-state index contributed by atoms with van der Waals surface area (Å²) in [6, 6.07) is 9.34. The number of hydrogen-bond acceptors (Lipinski definition) is 4. The first-order valence-corrected chi connectivity index (χ1v) is 8.24. The molecule has 0 saturated heterocycles. The third-order valence-electron chi connectivity index (χ3n) is 3.98. The molecule has 24 heavy (non-hydrogen) atoms.